The van der Waals surface area contributed by atoms with Gasteiger partial charge in [0.15, 0.2) is 9.84 Å². The number of nitrogens with one attached hydrogen (secondary N) is 1. The number of aryl methyl sites for hydroxylation is 1. The van der Waals surface area contributed by atoms with Crippen molar-refractivity contribution in [1.82, 2.24) is 20.2 Å². The average Bonchev–Trinajstić information content (AvgIpc) is 3.24. The molecule has 0 atom stereocenters. The van der Waals surface area contributed by atoms with E-state index in [1.165, 1.54) is 6.26 Å². The largest absolute Gasteiger partial charge is 0.490 e. The number of aromatic amines is 1. The molecule has 8 nitrogen and oxygen atoms in total. The van der Waals surface area contributed by atoms with Crippen molar-refractivity contribution in [3.05, 3.63) is 60.7 Å². The third kappa shape index (κ3) is 4.41. The van der Waals surface area contributed by atoms with Crippen LogP contribution >= 0.6 is 0 Å². The Morgan fingerprint density at radius 3 is 2.48 bits per heavy atom. The lowest BCUT2D eigenvalue weighted by Crippen LogP contribution is -2.38. The number of nitrogens with zero attached hydrogens (tertiary/aromatic N) is 4. The van der Waals surface area contributed by atoms with Crippen LogP contribution in [0.2, 0.25) is 0 Å². The highest BCUT2D eigenvalue weighted by Crippen LogP contribution is 2.31. The molecule has 4 aromatic rings. The van der Waals surface area contributed by atoms with Crippen LogP contribution in [-0.4, -0.2) is 54.0 Å². The number of hydrogen-bond acceptors (Lipinski definition) is 7. The Hall–Kier alpha value is -3.46. The Morgan fingerprint density at radius 2 is 1.82 bits per heavy atom. The van der Waals surface area contributed by atoms with E-state index in [4.69, 9.17) is 4.74 Å². The van der Waals surface area contributed by atoms with E-state index in [9.17, 15) is 8.42 Å². The predicted molar refractivity (Wildman–Crippen MR) is 127 cm³/mol. The Kier molecular flexibility index (Phi) is 5.49. The lowest BCUT2D eigenvalue weighted by atomic mass is 10.0. The van der Waals surface area contributed by atoms with Gasteiger partial charge in [0.05, 0.1) is 16.6 Å². The molecule has 1 N–H and O–H groups in total. The Labute approximate surface area is 192 Å². The van der Waals surface area contributed by atoms with Gasteiger partial charge in [-0.25, -0.2) is 18.4 Å². The molecule has 0 amide bonds. The molecule has 0 spiro atoms. The van der Waals surface area contributed by atoms with Crippen LogP contribution in [0.3, 0.4) is 0 Å². The molecule has 1 fully saturated rings. The monoisotopic (exact) mass is 463 g/mol. The first-order valence-corrected chi connectivity index (χ1v) is 12.7. The van der Waals surface area contributed by atoms with Crippen LogP contribution in [0.5, 0.6) is 5.75 Å². The number of hydrogen-bond donors (Lipinski definition) is 1. The summed E-state index contributed by atoms with van der Waals surface area (Å²) in [6.07, 6.45) is 6.43. The number of piperidine rings is 1. The minimum atomic E-state index is -3.21. The maximum Gasteiger partial charge on any atom is 0.175 e. The van der Waals surface area contributed by atoms with Crippen molar-refractivity contribution in [2.75, 3.05) is 24.2 Å². The van der Waals surface area contributed by atoms with Gasteiger partial charge in [0.1, 0.15) is 24.0 Å². The second kappa shape index (κ2) is 8.47. The summed E-state index contributed by atoms with van der Waals surface area (Å²) in [5.74, 6) is 1.62. The molecule has 0 aliphatic carbocycles. The molecule has 1 saturated heterocycles. The topological polar surface area (TPSA) is 101 Å². The number of anilines is 1. The van der Waals surface area contributed by atoms with E-state index in [1.807, 2.05) is 19.2 Å². The molecule has 0 bridgehead atoms. The van der Waals surface area contributed by atoms with Gasteiger partial charge < -0.3 is 9.64 Å². The molecule has 33 heavy (non-hydrogen) atoms. The number of rotatable bonds is 5. The van der Waals surface area contributed by atoms with Crippen molar-refractivity contribution in [1.29, 1.82) is 0 Å². The molecule has 1 aliphatic heterocycles. The minimum Gasteiger partial charge on any atom is -0.490 e. The van der Waals surface area contributed by atoms with Crippen molar-refractivity contribution < 1.29 is 13.2 Å². The summed E-state index contributed by atoms with van der Waals surface area (Å²) in [7, 11) is -3.21. The van der Waals surface area contributed by atoms with Crippen molar-refractivity contribution in [2.24, 2.45) is 0 Å². The van der Waals surface area contributed by atoms with Gasteiger partial charge in [-0.05, 0) is 48.9 Å². The highest BCUT2D eigenvalue weighted by Gasteiger charge is 2.23. The first-order chi connectivity index (χ1) is 15.9. The zero-order chi connectivity index (χ0) is 23.0. The van der Waals surface area contributed by atoms with Crippen LogP contribution in [0.1, 0.15) is 18.5 Å². The van der Waals surface area contributed by atoms with Crippen molar-refractivity contribution in [3.63, 3.8) is 0 Å². The third-order valence-electron chi connectivity index (χ3n) is 6.05. The Balaban J connectivity index is 1.31. The fourth-order valence-electron chi connectivity index (χ4n) is 4.25. The molecular formula is C24H25N5O3S. The van der Waals surface area contributed by atoms with Gasteiger partial charge in [0.25, 0.3) is 0 Å². The van der Waals surface area contributed by atoms with Gasteiger partial charge in [-0.2, -0.15) is 5.10 Å². The van der Waals surface area contributed by atoms with Gasteiger partial charge in [0, 0.05) is 48.8 Å². The Bertz CT molecular complexity index is 1390. The Morgan fingerprint density at radius 1 is 1.06 bits per heavy atom. The zero-order valence-electron chi connectivity index (χ0n) is 18.5. The second-order valence-electron chi connectivity index (χ2n) is 8.39. The quantitative estimate of drug-likeness (QED) is 0.481. The summed E-state index contributed by atoms with van der Waals surface area (Å²) in [5, 5.41) is 8.15. The average molecular weight is 464 g/mol. The lowest BCUT2D eigenvalue weighted by Gasteiger charge is -2.33. The number of fused-ring (bicyclic) bond motifs is 1. The summed E-state index contributed by atoms with van der Waals surface area (Å²) in [4.78, 5) is 11.6. The highest BCUT2D eigenvalue weighted by molar-refractivity contribution is 7.90. The minimum absolute atomic E-state index is 0.0718. The molecular weight excluding hydrogens is 438 g/mol. The zero-order valence-corrected chi connectivity index (χ0v) is 19.3. The molecule has 2 aromatic carbocycles. The molecule has 5 rings (SSSR count). The molecule has 9 heteroatoms. The van der Waals surface area contributed by atoms with E-state index in [0.29, 0.717) is 10.6 Å². The number of aromatic nitrogens is 4. The van der Waals surface area contributed by atoms with Crippen LogP contribution in [0.15, 0.2) is 59.9 Å². The highest BCUT2D eigenvalue weighted by atomic mass is 32.2. The second-order valence-corrected chi connectivity index (χ2v) is 10.4. The number of benzene rings is 2. The first kappa shape index (κ1) is 21.4. The van der Waals surface area contributed by atoms with Gasteiger partial charge in [-0.1, -0.05) is 6.07 Å². The summed E-state index contributed by atoms with van der Waals surface area (Å²) >= 11 is 0. The van der Waals surface area contributed by atoms with E-state index in [2.05, 4.69) is 37.2 Å². The number of sulfone groups is 1. The van der Waals surface area contributed by atoms with Crippen molar-refractivity contribution in [3.8, 4) is 16.9 Å². The van der Waals surface area contributed by atoms with Crippen LogP contribution in [0.25, 0.3) is 22.0 Å². The molecule has 3 heterocycles. The van der Waals surface area contributed by atoms with Crippen LogP contribution in [0, 0.1) is 6.92 Å². The molecule has 1 aliphatic rings. The summed E-state index contributed by atoms with van der Waals surface area (Å²) in [6.45, 7) is 3.63. The normalized spacial score (nSPS) is 15.2. The van der Waals surface area contributed by atoms with Crippen LogP contribution in [-0.2, 0) is 9.84 Å². The van der Waals surface area contributed by atoms with Crippen LogP contribution < -0.4 is 9.64 Å². The van der Waals surface area contributed by atoms with Gasteiger partial charge in [-0.3, -0.25) is 5.10 Å². The lowest BCUT2D eigenvalue weighted by molar-refractivity contribution is 0.170. The molecule has 2 aromatic heterocycles. The van der Waals surface area contributed by atoms with Gasteiger partial charge >= 0.3 is 0 Å². The molecule has 0 saturated carbocycles. The van der Waals surface area contributed by atoms with E-state index in [-0.39, 0.29) is 6.10 Å². The van der Waals surface area contributed by atoms with Gasteiger partial charge in [-0.15, -0.1) is 0 Å². The van der Waals surface area contributed by atoms with E-state index >= 15 is 0 Å². The maximum absolute atomic E-state index is 11.6. The first-order valence-electron chi connectivity index (χ1n) is 10.9. The number of ether oxygens (including phenoxy) is 1. The smallest absolute Gasteiger partial charge is 0.175 e. The standard InChI is InChI=1S/C24H25N5O3S/c1-16-22(14-27-28-16)17-3-8-23-21(13-17)24(26-15-25-23)29-11-9-19(10-12-29)32-18-4-6-20(7-5-18)33(2,30)31/h3-8,13-15,19H,9-12H2,1-2H3,(H,27,28). The summed E-state index contributed by atoms with van der Waals surface area (Å²) < 4.78 is 29.4. The molecule has 0 radical (unpaired) electrons. The van der Waals surface area contributed by atoms with E-state index in [1.54, 1.807) is 30.6 Å². The molecule has 0 unspecified atom stereocenters. The third-order valence-corrected chi connectivity index (χ3v) is 7.18. The SMILES string of the molecule is Cc1[nH]ncc1-c1ccc2ncnc(N3CCC(Oc4ccc(S(C)(=O)=O)cc4)CC3)c2c1. The van der Waals surface area contributed by atoms with E-state index in [0.717, 1.165) is 59.5 Å². The fourth-order valence-corrected chi connectivity index (χ4v) is 4.88. The molecule has 170 valence electrons. The summed E-state index contributed by atoms with van der Waals surface area (Å²) in [6, 6.07) is 12.8. The predicted octanol–water partition coefficient (Wildman–Crippen LogP) is 3.78. The van der Waals surface area contributed by atoms with E-state index < -0.39 is 9.84 Å². The maximum atomic E-state index is 11.6. The fraction of sp³-hybridized carbons (Fsp3) is 0.292. The van der Waals surface area contributed by atoms with Crippen molar-refractivity contribution in [2.45, 2.75) is 30.8 Å². The van der Waals surface area contributed by atoms with Crippen LogP contribution in [0.4, 0.5) is 5.82 Å². The van der Waals surface area contributed by atoms with Gasteiger partial charge in [0.2, 0.25) is 0 Å². The van der Waals surface area contributed by atoms with Crippen molar-refractivity contribution >= 4 is 26.6 Å². The summed E-state index contributed by atoms with van der Waals surface area (Å²) in [5.41, 5.74) is 4.09. The number of H-pyrrole nitrogens is 1.